The van der Waals surface area contributed by atoms with Crippen molar-refractivity contribution in [3.05, 3.63) is 0 Å². The highest BCUT2D eigenvalue weighted by atomic mass is 16.5. The van der Waals surface area contributed by atoms with E-state index in [0.29, 0.717) is 44.3 Å². The van der Waals surface area contributed by atoms with Crippen molar-refractivity contribution in [2.24, 2.45) is 0 Å². The molecule has 2 saturated heterocycles. The Morgan fingerprint density at radius 2 is 1.48 bits per heavy atom. The Labute approximate surface area is 123 Å². The van der Waals surface area contributed by atoms with E-state index in [1.54, 1.807) is 7.05 Å². The fraction of sp³-hybridized carbons (Fsp3) is 0.750. The molecule has 2 aliphatic rings. The molecule has 2 fully saturated rings. The van der Waals surface area contributed by atoms with E-state index in [2.05, 4.69) is 35.6 Å². The summed E-state index contributed by atoms with van der Waals surface area (Å²) in [6, 6.07) is 0. The van der Waals surface area contributed by atoms with Crippen molar-refractivity contribution >= 4 is 17.8 Å². The van der Waals surface area contributed by atoms with Crippen LogP contribution in [0.1, 0.15) is 0 Å². The Hall–Kier alpha value is -1.71. The maximum Gasteiger partial charge on any atom is 0.244 e. The number of nitrogens with one attached hydrogen (secondary N) is 2. The summed E-state index contributed by atoms with van der Waals surface area (Å²) in [4.78, 5) is 15.4. The molecule has 0 saturated carbocycles. The van der Waals surface area contributed by atoms with E-state index in [9.17, 15) is 0 Å². The Balaban J connectivity index is 1.75. The first kappa shape index (κ1) is 14.2. The van der Waals surface area contributed by atoms with Gasteiger partial charge in [0.2, 0.25) is 17.8 Å². The summed E-state index contributed by atoms with van der Waals surface area (Å²) in [5.74, 6) is 1.79. The van der Waals surface area contributed by atoms with Crippen LogP contribution in [0.15, 0.2) is 0 Å². The van der Waals surface area contributed by atoms with Crippen molar-refractivity contribution in [3.63, 3.8) is 0 Å². The molecule has 2 N–H and O–H groups in total. The summed E-state index contributed by atoms with van der Waals surface area (Å²) in [5, 5.41) is 5.04. The monoisotopic (exact) mass is 295 g/mol. The second-order valence-electron chi connectivity index (χ2n) is 4.84. The zero-order valence-electron chi connectivity index (χ0n) is 12.2. The second kappa shape index (κ2) is 6.83. The summed E-state index contributed by atoms with van der Waals surface area (Å²) >= 11 is 0. The maximum atomic E-state index is 5.36. The fourth-order valence-electron chi connectivity index (χ4n) is 2.25. The Bertz CT molecular complexity index is 461. The molecule has 1 aromatic heterocycles. The minimum absolute atomic E-state index is 0.553. The van der Waals surface area contributed by atoms with Crippen LogP contribution >= 0.6 is 0 Å². The largest absolute Gasteiger partial charge is 0.379 e. The molecule has 9 nitrogen and oxygen atoms in total. The molecule has 21 heavy (non-hydrogen) atoms. The normalized spacial score (nSPS) is 20.3. The molecular formula is C12H21N7O2. The fourth-order valence-corrected chi connectivity index (χ4v) is 2.25. The number of anilines is 3. The van der Waals surface area contributed by atoms with E-state index in [4.69, 9.17) is 9.47 Å². The molecule has 3 rings (SSSR count). The van der Waals surface area contributed by atoms with E-state index >= 15 is 0 Å². The summed E-state index contributed by atoms with van der Waals surface area (Å²) in [6.07, 6.45) is 0. The van der Waals surface area contributed by atoms with Crippen molar-refractivity contribution in [2.45, 2.75) is 0 Å². The van der Waals surface area contributed by atoms with Crippen LogP contribution in [-0.2, 0) is 9.47 Å². The predicted molar refractivity (Wildman–Crippen MR) is 78.4 cm³/mol. The molecule has 0 radical (unpaired) electrons. The lowest BCUT2D eigenvalue weighted by molar-refractivity contribution is 0.0492. The number of rotatable bonds is 4. The van der Waals surface area contributed by atoms with E-state index in [0.717, 1.165) is 26.2 Å². The minimum atomic E-state index is 0.553. The van der Waals surface area contributed by atoms with Crippen LogP contribution in [-0.4, -0.2) is 79.6 Å². The third-order valence-corrected chi connectivity index (χ3v) is 3.41. The lowest BCUT2D eigenvalue weighted by Crippen LogP contribution is -2.41. The molecular weight excluding hydrogens is 274 g/mol. The van der Waals surface area contributed by atoms with Gasteiger partial charge in [-0.1, -0.05) is 0 Å². The third-order valence-electron chi connectivity index (χ3n) is 3.41. The summed E-state index contributed by atoms with van der Waals surface area (Å²) in [6.45, 7) is 6.05. The van der Waals surface area contributed by atoms with Gasteiger partial charge in [-0.15, -0.1) is 0 Å². The summed E-state index contributed by atoms with van der Waals surface area (Å²) < 4.78 is 10.7. The van der Waals surface area contributed by atoms with Crippen molar-refractivity contribution in [1.82, 2.24) is 20.0 Å². The smallest absolute Gasteiger partial charge is 0.244 e. The van der Waals surface area contributed by atoms with Crippen LogP contribution in [0.3, 0.4) is 0 Å². The number of aromatic nitrogens is 3. The van der Waals surface area contributed by atoms with Gasteiger partial charge in [0.15, 0.2) is 0 Å². The number of nitrogens with zero attached hydrogens (tertiary/aromatic N) is 5. The molecule has 1 aromatic rings. The van der Waals surface area contributed by atoms with Crippen molar-refractivity contribution in [1.29, 1.82) is 0 Å². The highest BCUT2D eigenvalue weighted by Crippen LogP contribution is 2.15. The predicted octanol–water partition coefficient (Wildman–Crippen LogP) is -0.591. The molecule has 0 atom stereocenters. The van der Waals surface area contributed by atoms with E-state index < -0.39 is 0 Å². The van der Waals surface area contributed by atoms with Gasteiger partial charge in [0.25, 0.3) is 0 Å². The quantitative estimate of drug-likeness (QED) is 0.756. The molecule has 0 aliphatic carbocycles. The molecule has 0 unspecified atom stereocenters. The summed E-state index contributed by atoms with van der Waals surface area (Å²) in [5.41, 5.74) is 3.23. The van der Waals surface area contributed by atoms with Crippen LogP contribution in [0, 0.1) is 0 Å². The van der Waals surface area contributed by atoms with E-state index in [1.807, 2.05) is 0 Å². The van der Waals surface area contributed by atoms with Crippen LogP contribution in [0.4, 0.5) is 17.8 Å². The first-order valence-corrected chi connectivity index (χ1v) is 7.21. The zero-order chi connectivity index (χ0) is 14.5. The molecule has 3 heterocycles. The molecule has 9 heteroatoms. The summed E-state index contributed by atoms with van der Waals surface area (Å²) in [7, 11) is 1.80. The molecule has 0 amide bonds. The number of hydrazine groups is 1. The number of ether oxygens (including phenoxy) is 2. The highest BCUT2D eigenvalue weighted by molar-refractivity contribution is 5.43. The van der Waals surface area contributed by atoms with Gasteiger partial charge >= 0.3 is 0 Å². The Morgan fingerprint density at radius 1 is 0.857 bits per heavy atom. The molecule has 0 spiro atoms. The SMILES string of the molecule is CNc1nc(NN2CCOCC2)nc(N2CCOCC2)n1. The van der Waals surface area contributed by atoms with Gasteiger partial charge in [-0.2, -0.15) is 15.0 Å². The molecule has 116 valence electrons. The Morgan fingerprint density at radius 3 is 2.14 bits per heavy atom. The highest BCUT2D eigenvalue weighted by Gasteiger charge is 2.18. The zero-order valence-corrected chi connectivity index (χ0v) is 12.2. The van der Waals surface area contributed by atoms with Crippen molar-refractivity contribution in [2.75, 3.05) is 75.3 Å². The number of morpholine rings is 2. The third kappa shape index (κ3) is 3.69. The topological polar surface area (TPSA) is 87.7 Å². The van der Waals surface area contributed by atoms with Gasteiger partial charge in [-0.25, -0.2) is 5.01 Å². The Kier molecular flexibility index (Phi) is 4.63. The van der Waals surface area contributed by atoms with Gasteiger partial charge in [0.05, 0.1) is 26.4 Å². The maximum absolute atomic E-state index is 5.36. The minimum Gasteiger partial charge on any atom is -0.379 e. The lowest BCUT2D eigenvalue weighted by atomic mass is 10.4. The van der Waals surface area contributed by atoms with Crippen LogP contribution in [0.5, 0.6) is 0 Å². The molecule has 0 bridgehead atoms. The average molecular weight is 295 g/mol. The molecule has 0 aromatic carbocycles. The van der Waals surface area contributed by atoms with Gasteiger partial charge < -0.3 is 19.7 Å². The van der Waals surface area contributed by atoms with Crippen LogP contribution in [0.2, 0.25) is 0 Å². The first-order valence-electron chi connectivity index (χ1n) is 7.21. The van der Waals surface area contributed by atoms with E-state index in [-0.39, 0.29) is 0 Å². The van der Waals surface area contributed by atoms with Crippen LogP contribution in [0.25, 0.3) is 0 Å². The van der Waals surface area contributed by atoms with Gasteiger partial charge in [-0.3, -0.25) is 5.43 Å². The molecule has 2 aliphatic heterocycles. The van der Waals surface area contributed by atoms with Crippen molar-refractivity contribution in [3.8, 4) is 0 Å². The number of hydrogen-bond donors (Lipinski definition) is 2. The second-order valence-corrected chi connectivity index (χ2v) is 4.84. The average Bonchev–Trinajstić information content (AvgIpc) is 2.56. The number of hydrogen-bond acceptors (Lipinski definition) is 9. The van der Waals surface area contributed by atoms with E-state index in [1.165, 1.54) is 0 Å². The van der Waals surface area contributed by atoms with Gasteiger partial charge in [-0.05, 0) is 0 Å². The first-order chi connectivity index (χ1) is 10.3. The van der Waals surface area contributed by atoms with Gasteiger partial charge in [0.1, 0.15) is 0 Å². The van der Waals surface area contributed by atoms with Crippen molar-refractivity contribution < 1.29 is 9.47 Å². The van der Waals surface area contributed by atoms with Crippen LogP contribution < -0.4 is 15.6 Å². The van der Waals surface area contributed by atoms with Gasteiger partial charge in [0, 0.05) is 33.2 Å². The standard InChI is InChI=1S/C12H21N7O2/c1-13-10-14-11(17-19-4-8-21-9-5-19)16-12(15-10)18-2-6-20-7-3-18/h2-9H2,1H3,(H2,13,14,15,16,17). The lowest BCUT2D eigenvalue weighted by Gasteiger charge is -2.29.